The molecule has 68 valence electrons. The van der Waals surface area contributed by atoms with E-state index in [-0.39, 0.29) is 5.75 Å². The van der Waals surface area contributed by atoms with Crippen LogP contribution in [0.1, 0.15) is 0 Å². The van der Waals surface area contributed by atoms with Crippen LogP contribution in [0.3, 0.4) is 0 Å². The normalized spacial score (nSPS) is 11.1. The highest BCUT2D eigenvalue weighted by atomic mass is 16.3. The fourth-order valence-corrected chi connectivity index (χ4v) is 1.66. The van der Waals surface area contributed by atoms with Gasteiger partial charge in [0.2, 0.25) is 0 Å². The van der Waals surface area contributed by atoms with Crippen LogP contribution < -0.4 is 0 Å². The topological polar surface area (TPSA) is 46.3 Å². The Morgan fingerprint density at radius 1 is 1.21 bits per heavy atom. The number of pyridine rings is 1. The Labute approximate surface area is 79.6 Å². The molecule has 1 aromatic carbocycles. The van der Waals surface area contributed by atoms with Crippen molar-refractivity contribution in [3.63, 3.8) is 0 Å². The molecule has 0 aliphatic rings. The van der Waals surface area contributed by atoms with Crippen molar-refractivity contribution in [3.8, 4) is 5.75 Å². The molecule has 0 bridgehead atoms. The molecule has 1 N–H and O–H groups in total. The van der Waals surface area contributed by atoms with Gasteiger partial charge in [0.25, 0.3) is 0 Å². The van der Waals surface area contributed by atoms with Crippen LogP contribution in [0.4, 0.5) is 0 Å². The van der Waals surface area contributed by atoms with Gasteiger partial charge in [-0.3, -0.25) is 4.98 Å². The van der Waals surface area contributed by atoms with Crippen LogP contribution in [-0.2, 0) is 0 Å². The standard InChI is InChI=1S/C11H7NO2/c13-10-3-1-2-9-11(10)8-6-14-5-7(8)4-12-9/h1-6,13H. The van der Waals surface area contributed by atoms with Crippen LogP contribution in [0.2, 0.25) is 0 Å². The third kappa shape index (κ3) is 0.836. The molecule has 3 aromatic rings. The largest absolute Gasteiger partial charge is 0.507 e. The maximum absolute atomic E-state index is 9.71. The average Bonchev–Trinajstić information content (AvgIpc) is 2.65. The molecule has 2 aromatic heterocycles. The zero-order valence-electron chi connectivity index (χ0n) is 7.27. The fraction of sp³-hybridized carbons (Fsp3) is 0. The van der Waals surface area contributed by atoms with Crippen molar-refractivity contribution < 1.29 is 9.52 Å². The molecule has 0 saturated carbocycles. The van der Waals surface area contributed by atoms with Crippen LogP contribution in [0.15, 0.2) is 41.3 Å². The van der Waals surface area contributed by atoms with E-state index in [1.54, 1.807) is 30.9 Å². The van der Waals surface area contributed by atoms with E-state index >= 15 is 0 Å². The summed E-state index contributed by atoms with van der Waals surface area (Å²) >= 11 is 0. The third-order valence-corrected chi connectivity index (χ3v) is 2.32. The second-order valence-corrected chi connectivity index (χ2v) is 3.17. The molecule has 0 aliphatic heterocycles. The SMILES string of the molecule is Oc1cccc2ncc3cocc3c12. The molecule has 14 heavy (non-hydrogen) atoms. The predicted molar refractivity (Wildman–Crippen MR) is 53.2 cm³/mol. The van der Waals surface area contributed by atoms with Gasteiger partial charge < -0.3 is 9.52 Å². The lowest BCUT2D eigenvalue weighted by Gasteiger charge is -1.99. The summed E-state index contributed by atoms with van der Waals surface area (Å²) in [6.07, 6.45) is 4.98. The number of furan rings is 1. The zero-order chi connectivity index (χ0) is 9.54. The number of rotatable bonds is 0. The van der Waals surface area contributed by atoms with Gasteiger partial charge in [-0.05, 0) is 12.1 Å². The van der Waals surface area contributed by atoms with Crippen LogP contribution in [0, 0.1) is 0 Å². The first-order valence-corrected chi connectivity index (χ1v) is 4.29. The molecule has 0 radical (unpaired) electrons. The van der Waals surface area contributed by atoms with Crippen molar-refractivity contribution in [3.05, 3.63) is 36.9 Å². The Morgan fingerprint density at radius 3 is 3.07 bits per heavy atom. The molecule has 2 heterocycles. The number of nitrogens with zero attached hydrogens (tertiary/aromatic N) is 1. The third-order valence-electron chi connectivity index (χ3n) is 2.32. The smallest absolute Gasteiger partial charge is 0.125 e. The van der Waals surface area contributed by atoms with Gasteiger partial charge in [-0.1, -0.05) is 6.07 Å². The number of hydrogen-bond donors (Lipinski definition) is 1. The number of benzene rings is 1. The van der Waals surface area contributed by atoms with Crippen LogP contribution in [-0.4, -0.2) is 10.1 Å². The highest BCUT2D eigenvalue weighted by Gasteiger charge is 2.06. The molecule has 0 unspecified atom stereocenters. The number of phenolic OH excluding ortho intramolecular Hbond substituents is 1. The first-order valence-electron chi connectivity index (χ1n) is 4.29. The summed E-state index contributed by atoms with van der Waals surface area (Å²) in [6, 6.07) is 5.29. The lowest BCUT2D eigenvalue weighted by Crippen LogP contribution is -1.79. The summed E-state index contributed by atoms with van der Waals surface area (Å²) in [5, 5.41) is 12.3. The molecule has 0 saturated heterocycles. The maximum Gasteiger partial charge on any atom is 0.125 e. The molecule has 0 spiro atoms. The number of aromatic hydroxyl groups is 1. The van der Waals surface area contributed by atoms with Crippen molar-refractivity contribution in [2.75, 3.05) is 0 Å². The van der Waals surface area contributed by atoms with Crippen molar-refractivity contribution in [1.29, 1.82) is 0 Å². The van der Waals surface area contributed by atoms with Crippen LogP contribution >= 0.6 is 0 Å². The molecule has 0 fully saturated rings. The van der Waals surface area contributed by atoms with E-state index in [0.29, 0.717) is 0 Å². The van der Waals surface area contributed by atoms with Gasteiger partial charge in [0.05, 0.1) is 23.4 Å². The minimum absolute atomic E-state index is 0.238. The van der Waals surface area contributed by atoms with Gasteiger partial charge in [-0.15, -0.1) is 0 Å². The minimum Gasteiger partial charge on any atom is -0.507 e. The lowest BCUT2D eigenvalue weighted by molar-refractivity contribution is 0.482. The summed E-state index contributed by atoms with van der Waals surface area (Å²) in [5.74, 6) is 0.238. The van der Waals surface area contributed by atoms with Gasteiger partial charge in [-0.2, -0.15) is 0 Å². The van der Waals surface area contributed by atoms with E-state index in [4.69, 9.17) is 4.42 Å². The zero-order valence-corrected chi connectivity index (χ0v) is 7.27. The Bertz CT molecular complexity index is 613. The predicted octanol–water partition coefficient (Wildman–Crippen LogP) is 2.69. The Hall–Kier alpha value is -2.03. The summed E-state index contributed by atoms with van der Waals surface area (Å²) in [6.45, 7) is 0. The number of aromatic nitrogens is 1. The summed E-state index contributed by atoms with van der Waals surface area (Å²) < 4.78 is 5.08. The molecular weight excluding hydrogens is 178 g/mol. The second-order valence-electron chi connectivity index (χ2n) is 3.17. The summed E-state index contributed by atoms with van der Waals surface area (Å²) in [7, 11) is 0. The maximum atomic E-state index is 9.71. The van der Waals surface area contributed by atoms with E-state index in [0.717, 1.165) is 21.7 Å². The van der Waals surface area contributed by atoms with Crippen molar-refractivity contribution in [2.24, 2.45) is 0 Å². The van der Waals surface area contributed by atoms with Gasteiger partial charge in [0.15, 0.2) is 0 Å². The highest BCUT2D eigenvalue weighted by Crippen LogP contribution is 2.30. The summed E-state index contributed by atoms with van der Waals surface area (Å²) in [5.41, 5.74) is 0.777. The van der Waals surface area contributed by atoms with E-state index in [9.17, 15) is 5.11 Å². The molecule has 0 amide bonds. The van der Waals surface area contributed by atoms with Gasteiger partial charge >= 0.3 is 0 Å². The molecule has 3 rings (SSSR count). The number of phenols is 1. The van der Waals surface area contributed by atoms with Crippen molar-refractivity contribution in [2.45, 2.75) is 0 Å². The van der Waals surface area contributed by atoms with E-state index in [1.807, 2.05) is 6.07 Å². The highest BCUT2D eigenvalue weighted by molar-refractivity contribution is 6.07. The Balaban J connectivity index is 2.67. The second kappa shape index (κ2) is 2.48. The van der Waals surface area contributed by atoms with Crippen LogP contribution in [0.5, 0.6) is 5.75 Å². The van der Waals surface area contributed by atoms with Gasteiger partial charge in [-0.25, -0.2) is 0 Å². The van der Waals surface area contributed by atoms with Gasteiger partial charge in [0, 0.05) is 17.0 Å². The van der Waals surface area contributed by atoms with Crippen molar-refractivity contribution in [1.82, 2.24) is 4.98 Å². The quantitative estimate of drug-likeness (QED) is 0.585. The summed E-state index contributed by atoms with van der Waals surface area (Å²) in [4.78, 5) is 4.22. The van der Waals surface area contributed by atoms with Crippen LogP contribution in [0.25, 0.3) is 21.7 Å². The lowest BCUT2D eigenvalue weighted by atomic mass is 10.1. The monoisotopic (exact) mass is 185 g/mol. The molecule has 3 nitrogen and oxygen atoms in total. The van der Waals surface area contributed by atoms with E-state index in [1.165, 1.54) is 0 Å². The molecule has 0 aliphatic carbocycles. The average molecular weight is 185 g/mol. The van der Waals surface area contributed by atoms with E-state index < -0.39 is 0 Å². The fourth-order valence-electron chi connectivity index (χ4n) is 1.66. The first kappa shape index (κ1) is 7.38. The van der Waals surface area contributed by atoms with Crippen molar-refractivity contribution >= 4 is 21.7 Å². The minimum atomic E-state index is 0.238. The van der Waals surface area contributed by atoms with Gasteiger partial charge in [0.1, 0.15) is 5.75 Å². The number of fused-ring (bicyclic) bond motifs is 3. The molecule has 3 heteroatoms. The Morgan fingerprint density at radius 2 is 2.14 bits per heavy atom. The number of hydrogen-bond acceptors (Lipinski definition) is 3. The first-order chi connectivity index (χ1) is 6.86. The molecular formula is C11H7NO2. The van der Waals surface area contributed by atoms with E-state index in [2.05, 4.69) is 4.98 Å². The Kier molecular flexibility index (Phi) is 1.31. The molecule has 0 atom stereocenters.